The van der Waals surface area contributed by atoms with Gasteiger partial charge in [0.15, 0.2) is 0 Å². The zero-order valence-corrected chi connectivity index (χ0v) is 14.2. The molecule has 3 nitrogen and oxygen atoms in total. The van der Waals surface area contributed by atoms with Crippen molar-refractivity contribution in [1.29, 1.82) is 0 Å². The molecule has 0 aliphatic rings. The lowest BCUT2D eigenvalue weighted by atomic mass is 9.98. The highest BCUT2D eigenvalue weighted by Crippen LogP contribution is 2.20. The molecule has 0 heterocycles. The van der Waals surface area contributed by atoms with Crippen molar-refractivity contribution in [3.8, 4) is 0 Å². The second-order valence-corrected chi connectivity index (χ2v) is 6.00. The van der Waals surface area contributed by atoms with Crippen LogP contribution in [0.15, 0.2) is 54.6 Å². The SMILES string of the molecule is CC[C@@H](C)c1ccc(N[C@H](C)C(=O)NCc2ccccc2)cc1. The Balaban J connectivity index is 1.85. The number of hydrogen-bond acceptors (Lipinski definition) is 2. The molecule has 0 unspecified atom stereocenters. The van der Waals surface area contributed by atoms with Crippen molar-refractivity contribution < 1.29 is 4.79 Å². The first kappa shape index (κ1) is 17.1. The fourth-order valence-corrected chi connectivity index (χ4v) is 2.40. The smallest absolute Gasteiger partial charge is 0.242 e. The second-order valence-electron chi connectivity index (χ2n) is 6.00. The van der Waals surface area contributed by atoms with Crippen LogP contribution in [0.25, 0.3) is 0 Å². The summed E-state index contributed by atoms with van der Waals surface area (Å²) in [5.74, 6) is 0.565. The molecule has 0 aromatic heterocycles. The molecule has 1 amide bonds. The zero-order chi connectivity index (χ0) is 16.7. The number of carbonyl (C=O) groups is 1. The van der Waals surface area contributed by atoms with Gasteiger partial charge in [0.2, 0.25) is 5.91 Å². The summed E-state index contributed by atoms with van der Waals surface area (Å²) < 4.78 is 0. The molecule has 0 radical (unpaired) electrons. The monoisotopic (exact) mass is 310 g/mol. The van der Waals surface area contributed by atoms with E-state index < -0.39 is 0 Å². The number of anilines is 1. The van der Waals surface area contributed by atoms with E-state index in [0.717, 1.165) is 17.7 Å². The van der Waals surface area contributed by atoms with Crippen molar-refractivity contribution in [3.63, 3.8) is 0 Å². The summed E-state index contributed by atoms with van der Waals surface area (Å²) in [6, 6.07) is 18.0. The lowest BCUT2D eigenvalue weighted by Crippen LogP contribution is -2.37. The van der Waals surface area contributed by atoms with Gasteiger partial charge in [0.1, 0.15) is 6.04 Å². The minimum atomic E-state index is -0.270. The maximum absolute atomic E-state index is 12.2. The molecule has 2 aromatic rings. The Kier molecular flexibility index (Phi) is 6.21. The summed E-state index contributed by atoms with van der Waals surface area (Å²) in [5.41, 5.74) is 3.41. The van der Waals surface area contributed by atoms with Crippen molar-refractivity contribution in [2.24, 2.45) is 0 Å². The molecule has 2 rings (SSSR count). The van der Waals surface area contributed by atoms with E-state index in [9.17, 15) is 4.79 Å². The molecule has 2 aromatic carbocycles. The van der Waals surface area contributed by atoms with Gasteiger partial charge in [-0.25, -0.2) is 0 Å². The lowest BCUT2D eigenvalue weighted by Gasteiger charge is -2.16. The normalized spacial score (nSPS) is 13.2. The van der Waals surface area contributed by atoms with Gasteiger partial charge in [-0.3, -0.25) is 4.79 Å². The fraction of sp³-hybridized carbons (Fsp3) is 0.350. The van der Waals surface area contributed by atoms with E-state index in [-0.39, 0.29) is 11.9 Å². The molecule has 0 bridgehead atoms. The first-order valence-electron chi connectivity index (χ1n) is 8.28. The van der Waals surface area contributed by atoms with Crippen LogP contribution in [0.1, 0.15) is 44.2 Å². The highest BCUT2D eigenvalue weighted by Gasteiger charge is 2.12. The molecule has 2 atom stereocenters. The van der Waals surface area contributed by atoms with Crippen LogP contribution < -0.4 is 10.6 Å². The highest BCUT2D eigenvalue weighted by molar-refractivity contribution is 5.84. The summed E-state index contributed by atoms with van der Waals surface area (Å²) in [6.07, 6.45) is 1.13. The zero-order valence-electron chi connectivity index (χ0n) is 14.2. The molecular formula is C20H26N2O. The number of carbonyl (C=O) groups excluding carboxylic acids is 1. The van der Waals surface area contributed by atoms with E-state index in [1.54, 1.807) is 0 Å². The molecule has 0 spiro atoms. The van der Waals surface area contributed by atoms with Crippen molar-refractivity contribution in [1.82, 2.24) is 5.32 Å². The molecule has 2 N–H and O–H groups in total. The maximum atomic E-state index is 12.2. The molecule has 3 heteroatoms. The van der Waals surface area contributed by atoms with E-state index in [1.165, 1.54) is 5.56 Å². The van der Waals surface area contributed by atoms with Gasteiger partial charge in [-0.15, -0.1) is 0 Å². The third-order valence-electron chi connectivity index (χ3n) is 4.18. The minimum Gasteiger partial charge on any atom is -0.374 e. The van der Waals surface area contributed by atoms with Crippen LogP contribution in [0.5, 0.6) is 0 Å². The molecule has 0 saturated heterocycles. The number of nitrogens with one attached hydrogen (secondary N) is 2. The molecule has 0 aliphatic carbocycles. The van der Waals surface area contributed by atoms with E-state index >= 15 is 0 Å². The van der Waals surface area contributed by atoms with Gasteiger partial charge in [0.25, 0.3) is 0 Å². The molecule has 23 heavy (non-hydrogen) atoms. The Morgan fingerprint density at radius 1 is 1.00 bits per heavy atom. The quantitative estimate of drug-likeness (QED) is 0.800. The molecular weight excluding hydrogens is 284 g/mol. The van der Waals surface area contributed by atoms with Gasteiger partial charge in [-0.1, -0.05) is 56.3 Å². The Bertz CT molecular complexity index is 607. The third kappa shape index (κ3) is 5.13. The van der Waals surface area contributed by atoms with E-state index in [1.807, 2.05) is 49.4 Å². The average Bonchev–Trinajstić information content (AvgIpc) is 2.60. The van der Waals surface area contributed by atoms with Crippen molar-refractivity contribution in [2.45, 2.75) is 45.7 Å². The predicted molar refractivity (Wildman–Crippen MR) is 96.5 cm³/mol. The molecule has 0 saturated carbocycles. The Morgan fingerprint density at radius 3 is 2.26 bits per heavy atom. The number of benzene rings is 2. The van der Waals surface area contributed by atoms with Crippen molar-refractivity contribution >= 4 is 11.6 Å². The minimum absolute atomic E-state index is 0.000133. The Morgan fingerprint density at radius 2 is 1.65 bits per heavy atom. The number of rotatable bonds is 7. The Hall–Kier alpha value is -2.29. The van der Waals surface area contributed by atoms with E-state index in [2.05, 4.69) is 36.6 Å². The van der Waals surface area contributed by atoms with Gasteiger partial charge in [0, 0.05) is 12.2 Å². The van der Waals surface area contributed by atoms with Gasteiger partial charge < -0.3 is 10.6 Å². The maximum Gasteiger partial charge on any atom is 0.242 e. The molecule has 0 aliphatic heterocycles. The standard InChI is InChI=1S/C20H26N2O/c1-4-15(2)18-10-12-19(13-11-18)22-16(3)20(23)21-14-17-8-6-5-7-9-17/h5-13,15-16,22H,4,14H2,1-3H3,(H,21,23)/t15-,16-/m1/s1. The topological polar surface area (TPSA) is 41.1 Å². The van der Waals surface area contributed by atoms with Crippen LogP contribution in [0, 0.1) is 0 Å². The van der Waals surface area contributed by atoms with Crippen molar-refractivity contribution in [3.05, 3.63) is 65.7 Å². The van der Waals surface area contributed by atoms with Gasteiger partial charge in [0.05, 0.1) is 0 Å². The van der Waals surface area contributed by atoms with Crippen LogP contribution in [-0.4, -0.2) is 11.9 Å². The van der Waals surface area contributed by atoms with Crippen LogP contribution in [-0.2, 0) is 11.3 Å². The van der Waals surface area contributed by atoms with Crippen LogP contribution >= 0.6 is 0 Å². The van der Waals surface area contributed by atoms with Crippen molar-refractivity contribution in [2.75, 3.05) is 5.32 Å². The van der Waals surface area contributed by atoms with Gasteiger partial charge in [-0.2, -0.15) is 0 Å². The molecule has 122 valence electrons. The van der Waals surface area contributed by atoms with Crippen LogP contribution in [0.2, 0.25) is 0 Å². The predicted octanol–water partition coefficient (Wildman–Crippen LogP) is 4.32. The Labute approximate surface area is 139 Å². The third-order valence-corrected chi connectivity index (χ3v) is 4.18. The molecule has 0 fully saturated rings. The summed E-state index contributed by atoms with van der Waals surface area (Å²) in [7, 11) is 0. The van der Waals surface area contributed by atoms with Crippen LogP contribution in [0.4, 0.5) is 5.69 Å². The fourth-order valence-electron chi connectivity index (χ4n) is 2.40. The summed E-state index contributed by atoms with van der Waals surface area (Å²) in [5, 5.41) is 6.21. The lowest BCUT2D eigenvalue weighted by molar-refractivity contribution is -0.121. The summed E-state index contributed by atoms with van der Waals surface area (Å²) in [4.78, 5) is 12.2. The number of amides is 1. The highest BCUT2D eigenvalue weighted by atomic mass is 16.2. The van der Waals surface area contributed by atoms with E-state index in [4.69, 9.17) is 0 Å². The largest absolute Gasteiger partial charge is 0.374 e. The first-order valence-corrected chi connectivity index (χ1v) is 8.28. The summed E-state index contributed by atoms with van der Waals surface area (Å²) >= 11 is 0. The average molecular weight is 310 g/mol. The first-order chi connectivity index (χ1) is 11.1. The second kappa shape index (κ2) is 8.37. The summed E-state index contributed by atoms with van der Waals surface area (Å²) in [6.45, 7) is 6.85. The van der Waals surface area contributed by atoms with Gasteiger partial charge >= 0.3 is 0 Å². The van der Waals surface area contributed by atoms with Crippen LogP contribution in [0.3, 0.4) is 0 Å². The number of hydrogen-bond donors (Lipinski definition) is 2. The van der Waals surface area contributed by atoms with E-state index in [0.29, 0.717) is 12.5 Å². The van der Waals surface area contributed by atoms with Gasteiger partial charge in [-0.05, 0) is 42.5 Å².